The second-order valence-electron chi connectivity index (χ2n) is 19.3. The molecule has 3 amide bonds. The number of cyclic esters (lactones) is 1. The maximum absolute atomic E-state index is 15.2. The molecule has 5 aliphatic rings. The van der Waals surface area contributed by atoms with Crippen molar-refractivity contribution in [3.05, 3.63) is 207 Å². The van der Waals surface area contributed by atoms with Gasteiger partial charge in [-0.15, -0.1) is 0 Å². The number of phenols is 1. The van der Waals surface area contributed by atoms with Crippen LogP contribution in [0.4, 0.5) is 5.69 Å². The summed E-state index contributed by atoms with van der Waals surface area (Å²) in [7, 11) is 0. The molecule has 10 atom stereocenters. The number of phenolic OH excluding ortho intramolecular Hbond substituents is 1. The lowest BCUT2D eigenvalue weighted by atomic mass is 9.65. The van der Waals surface area contributed by atoms with Crippen molar-refractivity contribution in [2.45, 2.75) is 60.6 Å². The van der Waals surface area contributed by atoms with Crippen molar-refractivity contribution in [1.82, 2.24) is 15.1 Å². The van der Waals surface area contributed by atoms with Gasteiger partial charge in [-0.2, -0.15) is 0 Å². The molecule has 16 heteroatoms. The van der Waals surface area contributed by atoms with Crippen molar-refractivity contribution in [3.63, 3.8) is 0 Å². The first-order valence-corrected chi connectivity index (χ1v) is 25.9. The lowest BCUT2D eigenvalue weighted by Gasteiger charge is -2.46. The number of rotatable bonds is 14. The molecule has 380 valence electrons. The number of halogens is 1. The predicted molar refractivity (Wildman–Crippen MR) is 282 cm³/mol. The maximum Gasteiger partial charge on any atom is 0.325 e. The van der Waals surface area contributed by atoms with Crippen LogP contribution in [0.15, 0.2) is 170 Å². The third-order valence-electron chi connectivity index (χ3n) is 15.1. The number of hydrogen-bond acceptors (Lipinski definition) is 12. The number of hydrogen-bond donors (Lipinski definition) is 3. The summed E-state index contributed by atoms with van der Waals surface area (Å²) < 4.78 is 25.1. The van der Waals surface area contributed by atoms with Gasteiger partial charge < -0.3 is 39.6 Å². The Morgan fingerprint density at radius 1 is 0.747 bits per heavy atom. The van der Waals surface area contributed by atoms with Crippen molar-refractivity contribution in [1.29, 1.82) is 0 Å². The van der Waals surface area contributed by atoms with Gasteiger partial charge in [0.25, 0.3) is 0 Å². The lowest BCUT2D eigenvalue weighted by Crippen LogP contribution is -2.62. The van der Waals surface area contributed by atoms with Crippen LogP contribution in [0, 0.1) is 15.4 Å². The number of morpholine rings is 1. The van der Waals surface area contributed by atoms with E-state index in [2.05, 4.69) is 39.8 Å². The third-order valence-corrected chi connectivity index (χ3v) is 15.8. The molecule has 0 aromatic heterocycles. The second kappa shape index (κ2) is 20.5. The average molecular weight is 1120 g/mol. The summed E-state index contributed by atoms with van der Waals surface area (Å²) in [6.45, 7) is 3.35. The van der Waals surface area contributed by atoms with E-state index in [1.54, 1.807) is 30.3 Å². The molecule has 0 bridgehead atoms. The zero-order valence-corrected chi connectivity index (χ0v) is 42.5. The zero-order chi connectivity index (χ0) is 52.0. The molecular formula is C59H51IN4O11. The van der Waals surface area contributed by atoms with Crippen molar-refractivity contribution >= 4 is 63.9 Å². The van der Waals surface area contributed by atoms with Gasteiger partial charge in [-0.25, -0.2) is 0 Å². The number of benzene rings is 6. The van der Waals surface area contributed by atoms with E-state index >= 15 is 4.79 Å². The molecule has 5 heterocycles. The molecule has 0 saturated carbocycles. The number of fused-ring (bicyclic) bond motifs is 4. The Morgan fingerprint density at radius 2 is 1.40 bits per heavy atom. The Bertz CT molecular complexity index is 3180. The number of nitrogens with one attached hydrogen (secondary N) is 2. The molecule has 6 aromatic rings. The van der Waals surface area contributed by atoms with Crippen molar-refractivity contribution in [3.8, 4) is 11.5 Å². The highest BCUT2D eigenvalue weighted by Crippen LogP contribution is 2.65. The van der Waals surface area contributed by atoms with Gasteiger partial charge in [0.05, 0.1) is 24.0 Å². The van der Waals surface area contributed by atoms with E-state index in [0.29, 0.717) is 28.1 Å². The molecule has 0 aliphatic carbocycles. The van der Waals surface area contributed by atoms with Gasteiger partial charge in [-0.05, 0) is 105 Å². The largest absolute Gasteiger partial charge is 0.508 e. The van der Waals surface area contributed by atoms with Gasteiger partial charge in [0.2, 0.25) is 17.7 Å². The first-order chi connectivity index (χ1) is 36.5. The van der Waals surface area contributed by atoms with E-state index in [9.17, 15) is 29.1 Å². The number of nitrogens with zero attached hydrogens (tertiary/aromatic N) is 2. The van der Waals surface area contributed by atoms with E-state index in [-0.39, 0.29) is 50.2 Å². The highest BCUT2D eigenvalue weighted by atomic mass is 127. The minimum absolute atomic E-state index is 0.00999. The summed E-state index contributed by atoms with van der Waals surface area (Å²) in [6.07, 6.45) is 0.901. The monoisotopic (exact) mass is 1120 g/mol. The van der Waals surface area contributed by atoms with Crippen molar-refractivity contribution in [2.24, 2.45) is 11.8 Å². The number of carbonyl (C=O) groups is 6. The Kier molecular flexibility index (Phi) is 13.5. The quantitative estimate of drug-likeness (QED) is 0.0319. The Hall–Kier alpha value is -7.83. The SMILES string of the molecule is C=CCOC(=O)[C@@H]1[C@H]2C(=O)O[C@H](c3ccccc3)[C@H](c3ccccc3)N2[C@H](c2ccc(OCCOC(=O)[C@@H]3C[C@@H]4C(=O)N[C@@H](Cc5ccccc5)C(=O)N4[C@@H]3c3ccc(O)cc3)cc2)[C@@]12C(=O)Nc1ccc(I)cc12. The molecular weight excluding hydrogens is 1070 g/mol. The summed E-state index contributed by atoms with van der Waals surface area (Å²) in [4.78, 5) is 90.4. The Morgan fingerprint density at radius 3 is 2.09 bits per heavy atom. The first kappa shape index (κ1) is 49.4. The van der Waals surface area contributed by atoms with Crippen molar-refractivity contribution < 1.29 is 52.8 Å². The minimum atomic E-state index is -1.71. The van der Waals surface area contributed by atoms with Crippen LogP contribution in [0.5, 0.6) is 11.5 Å². The second-order valence-corrected chi connectivity index (χ2v) is 20.5. The van der Waals surface area contributed by atoms with Gasteiger partial charge in [-0.1, -0.05) is 128 Å². The third kappa shape index (κ3) is 8.78. The summed E-state index contributed by atoms with van der Waals surface area (Å²) in [5.41, 5.74) is 2.91. The van der Waals surface area contributed by atoms with Gasteiger partial charge in [-0.3, -0.25) is 33.7 Å². The van der Waals surface area contributed by atoms with Crippen LogP contribution >= 0.6 is 22.6 Å². The fourth-order valence-corrected chi connectivity index (χ4v) is 12.6. The number of amides is 3. The van der Waals surface area contributed by atoms with Gasteiger partial charge in [0, 0.05) is 15.7 Å². The molecule has 0 unspecified atom stereocenters. The van der Waals surface area contributed by atoms with E-state index < -0.39 is 83.4 Å². The van der Waals surface area contributed by atoms with E-state index in [1.165, 1.54) is 23.1 Å². The van der Waals surface area contributed by atoms with E-state index in [1.807, 2.05) is 120 Å². The smallest absolute Gasteiger partial charge is 0.325 e. The number of esters is 3. The molecule has 15 nitrogen and oxygen atoms in total. The number of ether oxygens (including phenoxy) is 4. The summed E-state index contributed by atoms with van der Waals surface area (Å²) >= 11 is 2.18. The van der Waals surface area contributed by atoms with Crippen LogP contribution in [-0.4, -0.2) is 88.5 Å². The summed E-state index contributed by atoms with van der Waals surface area (Å²) in [5.74, 6) is -5.06. The van der Waals surface area contributed by atoms with Crippen LogP contribution in [0.25, 0.3) is 0 Å². The van der Waals surface area contributed by atoms with E-state index in [0.717, 1.165) is 20.3 Å². The highest BCUT2D eigenvalue weighted by Gasteiger charge is 2.74. The summed E-state index contributed by atoms with van der Waals surface area (Å²) in [6, 6.07) is 41.7. The zero-order valence-electron chi connectivity index (χ0n) is 40.3. The topological polar surface area (TPSA) is 190 Å². The normalized spacial score (nSPS) is 26.6. The van der Waals surface area contributed by atoms with Crippen LogP contribution in [0.2, 0.25) is 0 Å². The molecule has 4 fully saturated rings. The summed E-state index contributed by atoms with van der Waals surface area (Å²) in [5, 5.41) is 16.1. The molecule has 4 saturated heterocycles. The van der Waals surface area contributed by atoms with Gasteiger partial charge in [0.1, 0.15) is 66.9 Å². The van der Waals surface area contributed by atoms with Crippen molar-refractivity contribution in [2.75, 3.05) is 25.1 Å². The first-order valence-electron chi connectivity index (χ1n) is 24.8. The predicted octanol–water partition coefficient (Wildman–Crippen LogP) is 7.62. The standard InChI is InChI=1S/C59H51IN4O11/c1-2-28-73-56(69)47-50-57(70)75-51(37-16-10-5-11-17-37)49(35-14-8-4-9-15-35)64(50)52(59(47)43-32-39(60)22-27-44(43)62-58(59)71)38-20-25-41(26-21-38)72-29-30-74-55(68)42-33-46-53(66)61-45(31-34-12-6-3-7-13-34)54(67)63(46)48(42)36-18-23-40(65)24-19-36/h2-27,32,42,45-52,65H,1,28-31,33H2,(H,61,66)(H,62,71)/t42-,45+,46-,47+,48-,49+,50+,51-,52-,59+/m1/s1. The molecule has 6 aromatic carbocycles. The number of anilines is 1. The van der Waals surface area contributed by atoms with Crippen LogP contribution in [-0.2, 0) is 54.8 Å². The molecule has 11 rings (SSSR count). The molecule has 1 spiro atoms. The maximum atomic E-state index is 15.2. The molecule has 0 radical (unpaired) electrons. The van der Waals surface area contributed by atoms with Crippen LogP contribution in [0.1, 0.15) is 64.0 Å². The van der Waals surface area contributed by atoms with Crippen LogP contribution < -0.4 is 15.4 Å². The van der Waals surface area contributed by atoms with Gasteiger partial charge >= 0.3 is 17.9 Å². The molecule has 3 N–H and O–H groups in total. The average Bonchev–Trinajstić information content (AvgIpc) is 4.16. The lowest BCUT2D eigenvalue weighted by molar-refractivity contribution is -0.180. The van der Waals surface area contributed by atoms with E-state index in [4.69, 9.17) is 18.9 Å². The number of piperazine rings is 1. The molecule has 75 heavy (non-hydrogen) atoms. The van der Waals surface area contributed by atoms with Gasteiger partial charge in [0.15, 0.2) is 0 Å². The Labute approximate surface area is 445 Å². The fraction of sp³-hybridized carbons (Fsp3) is 0.254. The fourth-order valence-electron chi connectivity index (χ4n) is 12.1. The highest BCUT2D eigenvalue weighted by molar-refractivity contribution is 14.1. The van der Waals surface area contributed by atoms with Crippen LogP contribution in [0.3, 0.4) is 0 Å². The molecule has 5 aliphatic heterocycles. The Balaban J connectivity index is 0.891. The number of carbonyl (C=O) groups excluding carboxylic acids is 6. The number of aromatic hydroxyl groups is 1. The minimum Gasteiger partial charge on any atom is -0.508 e.